The number of halogens is 1. The van der Waals surface area contributed by atoms with Gasteiger partial charge in [0.05, 0.1) is 11.2 Å². The molecule has 7 nitrogen and oxygen atoms in total. The van der Waals surface area contributed by atoms with Crippen LogP contribution >= 0.6 is 0 Å². The molecule has 2 aromatic carbocycles. The zero-order valence-electron chi connectivity index (χ0n) is 18.9. The maximum Gasteiger partial charge on any atom is 0.224 e. The number of hydrogen-bond acceptors (Lipinski definition) is 5. The fourth-order valence-electron chi connectivity index (χ4n) is 3.88. The van der Waals surface area contributed by atoms with E-state index in [0.717, 1.165) is 48.5 Å². The lowest BCUT2D eigenvalue weighted by atomic mass is 10.1. The highest BCUT2D eigenvalue weighted by Crippen LogP contribution is 2.26. The van der Waals surface area contributed by atoms with Crippen molar-refractivity contribution in [3.63, 3.8) is 0 Å². The van der Waals surface area contributed by atoms with Gasteiger partial charge in [-0.2, -0.15) is 0 Å². The molecule has 0 saturated carbocycles. The average Bonchev–Trinajstić information content (AvgIpc) is 2.80. The molecule has 1 aromatic heterocycles. The minimum atomic E-state index is -0.508. The lowest BCUT2D eigenvalue weighted by Crippen LogP contribution is -2.44. The second-order valence-corrected chi connectivity index (χ2v) is 8.40. The number of likely N-dealkylation sites (N-methyl/N-ethyl adjacent to an activating group) is 1. The van der Waals surface area contributed by atoms with E-state index in [-0.39, 0.29) is 24.4 Å². The first kappa shape index (κ1) is 22.7. The molecule has 0 radical (unpaired) electrons. The molecule has 0 bridgehead atoms. The lowest BCUT2D eigenvalue weighted by molar-refractivity contribution is -0.121. The van der Waals surface area contributed by atoms with Crippen molar-refractivity contribution in [3.05, 3.63) is 59.9 Å². The number of aryl methyl sites for hydroxylation is 1. The van der Waals surface area contributed by atoms with Crippen LogP contribution in [0.4, 0.5) is 21.6 Å². The van der Waals surface area contributed by atoms with Crippen molar-refractivity contribution < 1.29 is 14.0 Å². The van der Waals surface area contributed by atoms with Crippen molar-refractivity contribution in [3.8, 4) is 0 Å². The van der Waals surface area contributed by atoms with Gasteiger partial charge in [-0.25, -0.2) is 9.37 Å². The molecule has 33 heavy (non-hydrogen) atoms. The van der Waals surface area contributed by atoms with Crippen LogP contribution in [0.2, 0.25) is 0 Å². The first-order valence-electron chi connectivity index (χ1n) is 11.1. The maximum atomic E-state index is 13.6. The van der Waals surface area contributed by atoms with Crippen molar-refractivity contribution in [2.45, 2.75) is 19.8 Å². The fraction of sp³-hybridized carbons (Fsp3) is 0.320. The number of rotatable bonds is 6. The molecule has 1 saturated heterocycles. The van der Waals surface area contributed by atoms with E-state index < -0.39 is 11.7 Å². The van der Waals surface area contributed by atoms with E-state index in [9.17, 15) is 14.0 Å². The van der Waals surface area contributed by atoms with Crippen LogP contribution < -0.4 is 15.5 Å². The Morgan fingerprint density at radius 2 is 1.67 bits per heavy atom. The van der Waals surface area contributed by atoms with E-state index in [1.165, 1.54) is 12.1 Å². The van der Waals surface area contributed by atoms with Gasteiger partial charge in [0.2, 0.25) is 11.8 Å². The number of carbonyl (C=O) groups is 2. The van der Waals surface area contributed by atoms with E-state index in [1.54, 1.807) is 12.1 Å². The molecule has 2 heterocycles. The molecule has 2 N–H and O–H groups in total. The van der Waals surface area contributed by atoms with Crippen LogP contribution in [0.1, 0.15) is 18.4 Å². The predicted octanol–water partition coefficient (Wildman–Crippen LogP) is 3.79. The zero-order valence-corrected chi connectivity index (χ0v) is 18.9. The predicted molar refractivity (Wildman–Crippen MR) is 129 cm³/mol. The summed E-state index contributed by atoms with van der Waals surface area (Å²) in [6.07, 6.45) is -0.0411. The highest BCUT2D eigenvalue weighted by molar-refractivity contribution is 5.98. The van der Waals surface area contributed by atoms with Crippen molar-refractivity contribution in [1.82, 2.24) is 9.88 Å². The number of pyridine rings is 1. The number of nitrogens with zero attached hydrogens (tertiary/aromatic N) is 3. The van der Waals surface area contributed by atoms with Crippen molar-refractivity contribution in [2.75, 3.05) is 48.8 Å². The topological polar surface area (TPSA) is 77.6 Å². The van der Waals surface area contributed by atoms with Crippen molar-refractivity contribution in [1.29, 1.82) is 0 Å². The zero-order chi connectivity index (χ0) is 23.4. The van der Waals surface area contributed by atoms with E-state index in [2.05, 4.69) is 33.5 Å². The van der Waals surface area contributed by atoms with Gasteiger partial charge in [-0.15, -0.1) is 0 Å². The minimum Gasteiger partial charge on any atom is -0.354 e. The molecule has 0 aliphatic carbocycles. The number of hydrogen-bond donors (Lipinski definition) is 2. The number of anilines is 3. The smallest absolute Gasteiger partial charge is 0.224 e. The van der Waals surface area contributed by atoms with E-state index in [1.807, 2.05) is 25.1 Å². The summed E-state index contributed by atoms with van der Waals surface area (Å²) >= 11 is 0. The molecule has 2 amide bonds. The Bertz CT molecular complexity index is 1170. The molecular weight excluding hydrogens is 421 g/mol. The number of fused-ring (bicyclic) bond motifs is 1. The molecule has 1 aliphatic rings. The van der Waals surface area contributed by atoms with E-state index in [4.69, 9.17) is 4.98 Å². The summed E-state index contributed by atoms with van der Waals surface area (Å²) in [6, 6.07) is 13.7. The van der Waals surface area contributed by atoms with Gasteiger partial charge in [-0.1, -0.05) is 12.1 Å². The van der Waals surface area contributed by atoms with Crippen LogP contribution in [0.3, 0.4) is 0 Å². The highest BCUT2D eigenvalue weighted by Gasteiger charge is 2.17. The first-order chi connectivity index (χ1) is 15.9. The third-order valence-electron chi connectivity index (χ3n) is 5.84. The molecule has 8 heteroatoms. The Labute approximate surface area is 192 Å². The van der Waals surface area contributed by atoms with Gasteiger partial charge in [0.15, 0.2) is 0 Å². The van der Waals surface area contributed by atoms with Gasteiger partial charge in [0, 0.05) is 50.1 Å². The third-order valence-corrected chi connectivity index (χ3v) is 5.84. The second-order valence-electron chi connectivity index (χ2n) is 8.40. The number of benzene rings is 2. The molecule has 1 fully saturated rings. The summed E-state index contributed by atoms with van der Waals surface area (Å²) < 4.78 is 13.6. The Morgan fingerprint density at radius 1 is 0.970 bits per heavy atom. The highest BCUT2D eigenvalue weighted by atomic mass is 19.1. The summed E-state index contributed by atoms with van der Waals surface area (Å²) in [5, 5.41) is 6.30. The lowest BCUT2D eigenvalue weighted by Gasteiger charge is -2.33. The molecule has 1 aliphatic heterocycles. The number of piperazine rings is 1. The molecule has 172 valence electrons. The molecule has 0 spiro atoms. The van der Waals surface area contributed by atoms with Crippen molar-refractivity contribution >= 4 is 39.9 Å². The number of para-hydroxylation sites is 1. The van der Waals surface area contributed by atoms with Gasteiger partial charge in [0.25, 0.3) is 0 Å². The summed E-state index contributed by atoms with van der Waals surface area (Å²) in [4.78, 5) is 33.8. The summed E-state index contributed by atoms with van der Waals surface area (Å²) in [7, 11) is 2.13. The van der Waals surface area contributed by atoms with Gasteiger partial charge in [-0.05, 0) is 55.9 Å². The summed E-state index contributed by atoms with van der Waals surface area (Å²) in [5.74, 6) is -0.222. The summed E-state index contributed by atoms with van der Waals surface area (Å²) in [5.41, 5.74) is 2.73. The molecule has 0 unspecified atom stereocenters. The largest absolute Gasteiger partial charge is 0.354 e. The summed E-state index contributed by atoms with van der Waals surface area (Å²) in [6.45, 7) is 5.98. The monoisotopic (exact) mass is 449 g/mol. The number of carbonyl (C=O) groups excluding carboxylic acids is 2. The fourth-order valence-corrected chi connectivity index (χ4v) is 3.88. The first-order valence-corrected chi connectivity index (χ1v) is 11.1. The van der Waals surface area contributed by atoms with Crippen LogP contribution in [-0.4, -0.2) is 54.9 Å². The standard InChI is InChI=1S/C25H28FN5O2/c1-17-15-23(31-13-11-30(2)12-14-31)28-21-8-7-18(16-19(17)21)27-24(32)9-10-25(33)29-22-6-4-3-5-20(22)26/h3-8,15-16H,9-14H2,1-2H3,(H,27,32)(H,29,33). The minimum absolute atomic E-state index is 0.00208. The normalized spacial score (nSPS) is 14.3. The molecular formula is C25H28FN5O2. The van der Waals surface area contributed by atoms with Crippen LogP contribution in [-0.2, 0) is 9.59 Å². The Morgan fingerprint density at radius 3 is 2.39 bits per heavy atom. The van der Waals surface area contributed by atoms with Crippen molar-refractivity contribution in [2.24, 2.45) is 0 Å². The van der Waals surface area contributed by atoms with Gasteiger partial charge in [0.1, 0.15) is 11.6 Å². The maximum absolute atomic E-state index is 13.6. The van der Waals surface area contributed by atoms with E-state index in [0.29, 0.717) is 5.69 Å². The van der Waals surface area contributed by atoms with Gasteiger partial charge < -0.3 is 20.4 Å². The SMILES string of the molecule is Cc1cc(N2CCN(C)CC2)nc2ccc(NC(=O)CCC(=O)Nc3ccccc3F)cc12. The number of aromatic nitrogens is 1. The second kappa shape index (κ2) is 9.95. The van der Waals surface area contributed by atoms with Crippen LogP contribution in [0, 0.1) is 12.7 Å². The van der Waals surface area contributed by atoms with Gasteiger partial charge >= 0.3 is 0 Å². The Hall–Kier alpha value is -3.52. The Kier molecular flexibility index (Phi) is 6.84. The van der Waals surface area contributed by atoms with Crippen LogP contribution in [0.25, 0.3) is 10.9 Å². The van der Waals surface area contributed by atoms with Crippen LogP contribution in [0.5, 0.6) is 0 Å². The third kappa shape index (κ3) is 5.64. The molecule has 0 atom stereocenters. The number of amides is 2. The molecule has 3 aromatic rings. The van der Waals surface area contributed by atoms with Gasteiger partial charge in [-0.3, -0.25) is 9.59 Å². The quantitative estimate of drug-likeness (QED) is 0.599. The average molecular weight is 450 g/mol. The molecule has 4 rings (SSSR count). The Balaban J connectivity index is 1.36. The van der Waals surface area contributed by atoms with E-state index >= 15 is 0 Å². The number of nitrogens with one attached hydrogen (secondary N) is 2. The van der Waals surface area contributed by atoms with Crippen LogP contribution in [0.15, 0.2) is 48.5 Å².